The number of ether oxygens (including phenoxy) is 1. The van der Waals surface area contributed by atoms with Gasteiger partial charge in [-0.1, -0.05) is 18.4 Å². The van der Waals surface area contributed by atoms with Crippen LogP contribution in [0.5, 0.6) is 0 Å². The standard InChI is InChI=1S/C26H26N6O2.CH2O2/c1-4-24(33)32-14-19(12-20(32)15-34-3)31-13-18(25-23(31)9-10-28-26(25)27)7-5-17-6-8-22-21(11-17)29-16-30(22)2;2-1-3/h4,6,8-11,13,16,19-20H,1,12,14-15H2,2-3H3,(H2,27,28);1H,(H,2,3)/t19-,20+;/m0./s1. The SMILES string of the molecule is C=CC(=O)N1C[C@@H](n2cc(C#Cc3ccc4c(c3)ncn4C)c3c(N)nccc32)C[C@@H]1COC.O=CO. The summed E-state index contributed by atoms with van der Waals surface area (Å²) in [4.78, 5) is 31.3. The number of carbonyl (C=O) groups excluding carboxylic acids is 1. The Morgan fingerprint density at radius 1 is 1.30 bits per heavy atom. The number of nitrogen functional groups attached to an aromatic ring is 1. The van der Waals surface area contributed by atoms with Crippen LogP contribution in [-0.2, 0) is 21.4 Å². The topological polar surface area (TPSA) is 128 Å². The first kappa shape index (κ1) is 25.5. The summed E-state index contributed by atoms with van der Waals surface area (Å²) in [5.74, 6) is 6.90. The molecule has 1 fully saturated rings. The van der Waals surface area contributed by atoms with Gasteiger partial charge in [-0.3, -0.25) is 9.59 Å². The summed E-state index contributed by atoms with van der Waals surface area (Å²) >= 11 is 0. The zero-order chi connectivity index (χ0) is 26.5. The Hall–Kier alpha value is -4.62. The maximum Gasteiger partial charge on any atom is 0.290 e. The molecule has 3 aromatic heterocycles. The number of benzene rings is 1. The summed E-state index contributed by atoms with van der Waals surface area (Å²) in [7, 11) is 3.62. The van der Waals surface area contributed by atoms with Gasteiger partial charge in [0.1, 0.15) is 5.82 Å². The molecule has 10 nitrogen and oxygen atoms in total. The Morgan fingerprint density at radius 3 is 2.81 bits per heavy atom. The Morgan fingerprint density at radius 2 is 2.08 bits per heavy atom. The third-order valence-corrected chi connectivity index (χ3v) is 6.44. The molecule has 1 aromatic carbocycles. The zero-order valence-electron chi connectivity index (χ0n) is 20.7. The first-order valence-electron chi connectivity index (χ1n) is 11.6. The second-order valence-electron chi connectivity index (χ2n) is 8.65. The molecule has 0 radical (unpaired) electrons. The van der Waals surface area contributed by atoms with Crippen LogP contribution in [0.15, 0.2) is 55.6 Å². The third-order valence-electron chi connectivity index (χ3n) is 6.44. The van der Waals surface area contributed by atoms with Crippen molar-refractivity contribution in [3.8, 4) is 11.8 Å². The van der Waals surface area contributed by atoms with Gasteiger partial charge >= 0.3 is 0 Å². The Balaban J connectivity index is 0.00000102. The van der Waals surface area contributed by atoms with Crippen LogP contribution < -0.4 is 5.73 Å². The fraction of sp³-hybridized carbons (Fsp3) is 0.259. The number of imidazole rings is 1. The minimum Gasteiger partial charge on any atom is -0.483 e. The van der Waals surface area contributed by atoms with E-state index < -0.39 is 0 Å². The van der Waals surface area contributed by atoms with E-state index in [1.54, 1.807) is 19.6 Å². The van der Waals surface area contributed by atoms with Crippen LogP contribution >= 0.6 is 0 Å². The van der Waals surface area contributed by atoms with Crippen molar-refractivity contribution in [3.05, 3.63) is 66.8 Å². The molecule has 37 heavy (non-hydrogen) atoms. The molecule has 2 atom stereocenters. The van der Waals surface area contributed by atoms with Crippen LogP contribution in [0.4, 0.5) is 5.82 Å². The molecule has 1 saturated heterocycles. The maximum absolute atomic E-state index is 12.4. The van der Waals surface area contributed by atoms with Crippen LogP contribution in [0.3, 0.4) is 0 Å². The molecule has 1 aliphatic rings. The van der Waals surface area contributed by atoms with Crippen molar-refractivity contribution in [3.63, 3.8) is 0 Å². The number of pyridine rings is 1. The number of carboxylic acid groups (broad SMARTS) is 1. The van der Waals surface area contributed by atoms with Crippen molar-refractivity contribution in [2.75, 3.05) is 26.0 Å². The van der Waals surface area contributed by atoms with E-state index in [-0.39, 0.29) is 24.5 Å². The van der Waals surface area contributed by atoms with Crippen LogP contribution in [0.1, 0.15) is 23.6 Å². The van der Waals surface area contributed by atoms with E-state index in [2.05, 4.69) is 33.0 Å². The highest BCUT2D eigenvalue weighted by molar-refractivity contribution is 5.95. The van der Waals surface area contributed by atoms with E-state index in [0.717, 1.165) is 39.5 Å². The molecule has 0 spiro atoms. The summed E-state index contributed by atoms with van der Waals surface area (Å²) < 4.78 is 9.51. The minimum atomic E-state index is -0.250. The van der Waals surface area contributed by atoms with E-state index in [1.165, 1.54) is 6.08 Å². The zero-order valence-corrected chi connectivity index (χ0v) is 20.7. The van der Waals surface area contributed by atoms with Crippen molar-refractivity contribution in [1.29, 1.82) is 0 Å². The van der Waals surface area contributed by atoms with Gasteiger partial charge in [0.15, 0.2) is 0 Å². The predicted octanol–water partition coefficient (Wildman–Crippen LogP) is 2.58. The van der Waals surface area contributed by atoms with Gasteiger partial charge in [0.05, 0.1) is 52.5 Å². The van der Waals surface area contributed by atoms with Crippen molar-refractivity contribution >= 4 is 40.1 Å². The quantitative estimate of drug-likeness (QED) is 0.250. The number of fused-ring (bicyclic) bond motifs is 2. The molecule has 4 heterocycles. The van der Waals surface area contributed by atoms with Gasteiger partial charge in [-0.15, -0.1) is 0 Å². The number of carbonyl (C=O) groups is 2. The van der Waals surface area contributed by atoms with E-state index in [0.29, 0.717) is 19.0 Å². The number of amides is 1. The molecule has 0 saturated carbocycles. The number of hydrogen-bond acceptors (Lipinski definition) is 6. The van der Waals surface area contributed by atoms with E-state index >= 15 is 0 Å². The summed E-state index contributed by atoms with van der Waals surface area (Å²) in [5, 5.41) is 7.71. The highest BCUT2D eigenvalue weighted by Gasteiger charge is 2.35. The fourth-order valence-corrected chi connectivity index (χ4v) is 4.81. The average molecular weight is 501 g/mol. The number of likely N-dealkylation sites (tertiary alicyclic amines) is 1. The molecule has 0 aliphatic carbocycles. The number of anilines is 1. The number of aromatic nitrogens is 4. The molecule has 190 valence electrons. The predicted molar refractivity (Wildman–Crippen MR) is 141 cm³/mol. The molecule has 0 bridgehead atoms. The van der Waals surface area contributed by atoms with Crippen molar-refractivity contribution in [1.82, 2.24) is 24.0 Å². The van der Waals surface area contributed by atoms with Crippen LogP contribution in [0, 0.1) is 11.8 Å². The maximum atomic E-state index is 12.4. The van der Waals surface area contributed by atoms with E-state index in [1.807, 2.05) is 47.0 Å². The number of nitrogens with zero attached hydrogens (tertiary/aromatic N) is 5. The van der Waals surface area contributed by atoms with Gasteiger partial charge in [0.2, 0.25) is 5.91 Å². The first-order valence-corrected chi connectivity index (χ1v) is 11.6. The van der Waals surface area contributed by atoms with Crippen LogP contribution in [0.2, 0.25) is 0 Å². The number of methoxy groups -OCH3 is 1. The molecular weight excluding hydrogens is 472 g/mol. The molecule has 4 aromatic rings. The summed E-state index contributed by atoms with van der Waals surface area (Å²) in [5.41, 5.74) is 10.9. The summed E-state index contributed by atoms with van der Waals surface area (Å²) in [6.45, 7) is 4.44. The van der Waals surface area contributed by atoms with Gasteiger partial charge in [-0.05, 0) is 36.8 Å². The molecule has 10 heteroatoms. The molecule has 1 amide bonds. The van der Waals surface area contributed by atoms with E-state index in [9.17, 15) is 4.79 Å². The number of nitrogens with two attached hydrogens (primary N) is 1. The van der Waals surface area contributed by atoms with Crippen molar-refractivity contribution in [2.45, 2.75) is 18.5 Å². The van der Waals surface area contributed by atoms with Gasteiger partial charge in [0, 0.05) is 38.7 Å². The lowest BCUT2D eigenvalue weighted by molar-refractivity contribution is -0.127. The Kier molecular flexibility index (Phi) is 7.55. The van der Waals surface area contributed by atoms with Crippen molar-refractivity contribution in [2.24, 2.45) is 7.05 Å². The second kappa shape index (κ2) is 11.0. The monoisotopic (exact) mass is 500 g/mol. The molecule has 1 aliphatic heterocycles. The highest BCUT2D eigenvalue weighted by atomic mass is 16.5. The van der Waals surface area contributed by atoms with E-state index in [4.69, 9.17) is 20.4 Å². The average Bonchev–Trinajstić information content (AvgIpc) is 3.59. The lowest BCUT2D eigenvalue weighted by Crippen LogP contribution is -2.37. The molecular formula is C27H28N6O4. The van der Waals surface area contributed by atoms with Gasteiger partial charge < -0.3 is 29.6 Å². The van der Waals surface area contributed by atoms with Gasteiger partial charge in [0.25, 0.3) is 6.47 Å². The van der Waals surface area contributed by atoms with Gasteiger partial charge in [-0.2, -0.15) is 0 Å². The van der Waals surface area contributed by atoms with Gasteiger partial charge in [-0.25, -0.2) is 9.97 Å². The number of hydrogen-bond donors (Lipinski definition) is 2. The molecule has 3 N–H and O–H groups in total. The van der Waals surface area contributed by atoms with Crippen LogP contribution in [0.25, 0.3) is 21.9 Å². The summed E-state index contributed by atoms with van der Waals surface area (Å²) in [6.07, 6.45) is 7.64. The lowest BCUT2D eigenvalue weighted by atomic mass is 10.1. The fourth-order valence-electron chi connectivity index (χ4n) is 4.81. The minimum absolute atomic E-state index is 0.0169. The van der Waals surface area contributed by atoms with Crippen LogP contribution in [-0.4, -0.2) is 67.8 Å². The third kappa shape index (κ3) is 5.03. The second-order valence-corrected chi connectivity index (χ2v) is 8.65. The Labute approximate surface area is 214 Å². The number of rotatable bonds is 4. The molecule has 0 unspecified atom stereocenters. The first-order chi connectivity index (χ1) is 17.9. The largest absolute Gasteiger partial charge is 0.483 e. The Bertz CT molecular complexity index is 1530. The normalized spacial score (nSPS) is 16.6. The highest BCUT2D eigenvalue weighted by Crippen LogP contribution is 2.34. The smallest absolute Gasteiger partial charge is 0.290 e. The van der Waals surface area contributed by atoms with Crippen molar-refractivity contribution < 1.29 is 19.4 Å². The summed E-state index contributed by atoms with van der Waals surface area (Å²) in [6, 6.07) is 7.98. The lowest BCUT2D eigenvalue weighted by Gasteiger charge is -2.22. The molecule has 5 rings (SSSR count). The number of aryl methyl sites for hydroxylation is 1.